The molecule has 1 N–H and O–H groups in total. The molecule has 1 aliphatic heterocycles. The quantitative estimate of drug-likeness (QED) is 0.354. The number of ketones is 1. The van der Waals surface area contributed by atoms with Crippen molar-refractivity contribution < 1.29 is 13.9 Å². The number of Topliss-reactive ketones (excluding diaryl/α,β-unsaturated/α-hetero) is 1. The lowest BCUT2D eigenvalue weighted by Crippen LogP contribution is -2.15. The largest absolute Gasteiger partial charge is 0.372 e. The number of ether oxygens (including phenoxy) is 1. The number of aromatic amines is 1. The Balaban J connectivity index is 1.47. The van der Waals surface area contributed by atoms with Crippen molar-refractivity contribution in [2.24, 2.45) is 7.05 Å². The van der Waals surface area contributed by atoms with Crippen molar-refractivity contribution in [1.82, 2.24) is 29.3 Å². The van der Waals surface area contributed by atoms with Crippen molar-refractivity contribution in [2.45, 2.75) is 32.9 Å². The lowest BCUT2D eigenvalue weighted by molar-refractivity contribution is 0.0816. The van der Waals surface area contributed by atoms with Gasteiger partial charge in [-0.3, -0.25) is 14.5 Å². The minimum Gasteiger partial charge on any atom is -0.372 e. The number of nitrogens with one attached hydrogen (secondary N) is 1. The minimum absolute atomic E-state index is 0.0116. The molecule has 8 nitrogen and oxygen atoms in total. The Kier molecular flexibility index (Phi) is 5.49. The highest BCUT2D eigenvalue weighted by molar-refractivity contribution is 6.08. The van der Waals surface area contributed by atoms with Crippen LogP contribution in [0.15, 0.2) is 48.9 Å². The van der Waals surface area contributed by atoms with Crippen LogP contribution in [0.25, 0.3) is 33.4 Å². The fraction of sp³-hybridized carbons (Fsp3) is 0.259. The van der Waals surface area contributed by atoms with E-state index in [2.05, 4.69) is 20.1 Å². The first-order chi connectivity index (χ1) is 17.5. The number of rotatable bonds is 6. The molecule has 0 unspecified atom stereocenters. The summed E-state index contributed by atoms with van der Waals surface area (Å²) in [6.45, 7) is 3.56. The van der Waals surface area contributed by atoms with Gasteiger partial charge in [-0.1, -0.05) is 13.0 Å². The molecule has 5 heterocycles. The first kappa shape index (κ1) is 22.4. The summed E-state index contributed by atoms with van der Waals surface area (Å²) in [4.78, 5) is 25.2. The molecule has 5 aromatic rings. The molecule has 6 rings (SSSR count). The van der Waals surface area contributed by atoms with E-state index in [9.17, 15) is 4.79 Å². The number of fused-ring (bicyclic) bond motifs is 2. The van der Waals surface area contributed by atoms with Crippen molar-refractivity contribution in [2.75, 3.05) is 6.61 Å². The smallest absolute Gasteiger partial charge is 0.164 e. The van der Waals surface area contributed by atoms with Crippen LogP contribution < -0.4 is 0 Å². The fourth-order valence-electron chi connectivity index (χ4n) is 4.75. The zero-order chi connectivity index (χ0) is 24.8. The molecule has 0 fully saturated rings. The number of nitrogens with zero attached hydrogens (tertiary/aromatic N) is 5. The maximum absolute atomic E-state index is 15.9. The average molecular weight is 485 g/mol. The minimum atomic E-state index is -0.372. The Morgan fingerprint density at radius 1 is 1.25 bits per heavy atom. The summed E-state index contributed by atoms with van der Waals surface area (Å²) < 4.78 is 25.1. The van der Waals surface area contributed by atoms with E-state index in [4.69, 9.17) is 4.74 Å². The Hall–Kier alpha value is -4.11. The van der Waals surface area contributed by atoms with Crippen molar-refractivity contribution in [3.05, 3.63) is 77.5 Å². The van der Waals surface area contributed by atoms with E-state index in [-0.39, 0.29) is 11.6 Å². The molecule has 9 heteroatoms. The van der Waals surface area contributed by atoms with Crippen LogP contribution in [0.3, 0.4) is 0 Å². The molecule has 0 amide bonds. The standard InChI is InChI=1S/C27H25FN6O2/c1-3-24(35)20-13-29-22(11-16-7-8-33(2)32-16)27-19(20)12-21(31-27)17-5-4-6-18(26(17)28)23-14-34-9-10-36-15-25(34)30-23/h4-8,12-14,31H,3,9-11,15H2,1-2H3. The molecule has 0 spiro atoms. The Labute approximate surface area is 206 Å². The number of carbonyl (C=O) groups is 1. The van der Waals surface area contributed by atoms with Gasteiger partial charge in [0.1, 0.15) is 18.2 Å². The number of aromatic nitrogens is 6. The van der Waals surface area contributed by atoms with Crippen LogP contribution in [0.5, 0.6) is 0 Å². The van der Waals surface area contributed by atoms with Crippen molar-refractivity contribution in [3.63, 3.8) is 0 Å². The summed E-state index contributed by atoms with van der Waals surface area (Å²) >= 11 is 0. The second kappa shape index (κ2) is 8.83. The molecule has 4 aromatic heterocycles. The van der Waals surface area contributed by atoms with Gasteiger partial charge in [-0.15, -0.1) is 0 Å². The molecular weight excluding hydrogens is 459 g/mol. The molecular formula is C27H25FN6O2. The third kappa shape index (κ3) is 3.81. The van der Waals surface area contributed by atoms with E-state index in [0.29, 0.717) is 60.7 Å². The molecule has 0 bridgehead atoms. The van der Waals surface area contributed by atoms with E-state index >= 15 is 4.39 Å². The number of H-pyrrole nitrogens is 1. The van der Waals surface area contributed by atoms with Crippen LogP contribution in [-0.4, -0.2) is 41.7 Å². The normalized spacial score (nSPS) is 13.3. The van der Waals surface area contributed by atoms with E-state index in [1.54, 1.807) is 23.0 Å². The maximum Gasteiger partial charge on any atom is 0.164 e. The average Bonchev–Trinajstić information content (AvgIpc) is 3.62. The van der Waals surface area contributed by atoms with Crippen molar-refractivity contribution >= 4 is 16.7 Å². The van der Waals surface area contributed by atoms with Gasteiger partial charge in [0.05, 0.1) is 29.2 Å². The highest BCUT2D eigenvalue weighted by Gasteiger charge is 2.21. The number of carbonyl (C=O) groups excluding carboxylic acids is 1. The van der Waals surface area contributed by atoms with Crippen LogP contribution in [0.2, 0.25) is 0 Å². The summed E-state index contributed by atoms with van der Waals surface area (Å²) in [5, 5.41) is 5.19. The van der Waals surface area contributed by atoms with Gasteiger partial charge in [0.25, 0.3) is 0 Å². The number of halogens is 1. The number of imidazole rings is 1. The molecule has 0 radical (unpaired) electrons. The molecule has 1 aliphatic rings. The number of pyridine rings is 1. The highest BCUT2D eigenvalue weighted by Crippen LogP contribution is 2.34. The van der Waals surface area contributed by atoms with Gasteiger partial charge in [-0.2, -0.15) is 5.10 Å². The van der Waals surface area contributed by atoms with Gasteiger partial charge in [0, 0.05) is 72.8 Å². The summed E-state index contributed by atoms with van der Waals surface area (Å²) in [6.07, 6.45) is 6.22. The number of aryl methyl sites for hydroxylation is 1. The summed E-state index contributed by atoms with van der Waals surface area (Å²) in [5.41, 5.74) is 4.84. The maximum atomic E-state index is 15.9. The second-order valence-corrected chi connectivity index (χ2v) is 8.98. The van der Waals surface area contributed by atoms with E-state index in [1.807, 2.05) is 49.1 Å². The lowest BCUT2D eigenvalue weighted by atomic mass is 10.0. The van der Waals surface area contributed by atoms with Gasteiger partial charge in [-0.05, 0) is 24.3 Å². The fourth-order valence-corrected chi connectivity index (χ4v) is 4.75. The third-order valence-electron chi connectivity index (χ3n) is 6.62. The zero-order valence-electron chi connectivity index (χ0n) is 20.1. The molecule has 0 saturated heterocycles. The summed E-state index contributed by atoms with van der Waals surface area (Å²) in [7, 11) is 1.86. The van der Waals surface area contributed by atoms with Crippen LogP contribution in [0.4, 0.5) is 4.39 Å². The summed E-state index contributed by atoms with van der Waals surface area (Å²) in [5.74, 6) is 0.408. The molecule has 0 aliphatic carbocycles. The van der Waals surface area contributed by atoms with Crippen LogP contribution in [-0.2, 0) is 31.4 Å². The van der Waals surface area contributed by atoms with Crippen molar-refractivity contribution in [3.8, 4) is 22.5 Å². The van der Waals surface area contributed by atoms with Gasteiger partial charge in [0.2, 0.25) is 0 Å². The molecule has 0 saturated carbocycles. The van der Waals surface area contributed by atoms with Crippen LogP contribution >= 0.6 is 0 Å². The number of hydrogen-bond acceptors (Lipinski definition) is 5. The van der Waals surface area contributed by atoms with E-state index in [0.717, 1.165) is 28.1 Å². The van der Waals surface area contributed by atoms with Crippen LogP contribution in [0.1, 0.15) is 40.9 Å². The summed E-state index contributed by atoms with van der Waals surface area (Å²) in [6, 6.07) is 9.06. The predicted octanol–water partition coefficient (Wildman–Crippen LogP) is 4.68. The zero-order valence-corrected chi connectivity index (χ0v) is 20.1. The number of benzene rings is 1. The first-order valence-electron chi connectivity index (χ1n) is 12.0. The molecule has 0 atom stereocenters. The topological polar surface area (TPSA) is 90.6 Å². The van der Waals surface area contributed by atoms with Gasteiger partial charge in [0.15, 0.2) is 5.78 Å². The first-order valence-corrected chi connectivity index (χ1v) is 12.0. The lowest BCUT2D eigenvalue weighted by Gasteiger charge is -2.13. The van der Waals surface area contributed by atoms with Crippen LogP contribution in [0, 0.1) is 5.82 Å². The second-order valence-electron chi connectivity index (χ2n) is 8.98. The Morgan fingerprint density at radius 2 is 2.11 bits per heavy atom. The SMILES string of the molecule is CCC(=O)c1cnc(Cc2ccn(C)n2)c2[nH]c(-c3cccc(-c4cn5c(n4)COCC5)c3F)cc12. The van der Waals surface area contributed by atoms with E-state index < -0.39 is 0 Å². The Bertz CT molecular complexity index is 1590. The van der Waals surface area contributed by atoms with Gasteiger partial charge in [-0.25, -0.2) is 9.37 Å². The molecule has 1 aromatic carbocycles. The monoisotopic (exact) mass is 484 g/mol. The highest BCUT2D eigenvalue weighted by atomic mass is 19.1. The predicted molar refractivity (Wildman–Crippen MR) is 133 cm³/mol. The molecule has 182 valence electrons. The van der Waals surface area contributed by atoms with Gasteiger partial charge >= 0.3 is 0 Å². The third-order valence-corrected chi connectivity index (χ3v) is 6.62. The van der Waals surface area contributed by atoms with E-state index in [1.165, 1.54) is 0 Å². The van der Waals surface area contributed by atoms with Crippen molar-refractivity contribution in [1.29, 1.82) is 0 Å². The molecule has 36 heavy (non-hydrogen) atoms. The Morgan fingerprint density at radius 3 is 2.89 bits per heavy atom. The van der Waals surface area contributed by atoms with Gasteiger partial charge < -0.3 is 14.3 Å². The number of hydrogen-bond donors (Lipinski definition) is 1.